The summed E-state index contributed by atoms with van der Waals surface area (Å²) < 4.78 is 0. The minimum atomic E-state index is 0.473. The highest BCUT2D eigenvalue weighted by atomic mass is 16.1. The van der Waals surface area contributed by atoms with Crippen LogP contribution in [0.4, 0.5) is 0 Å². The molecule has 0 aromatic heterocycles. The van der Waals surface area contributed by atoms with E-state index in [1.165, 1.54) is 38.5 Å². The molecular formula is C19H28O. The summed E-state index contributed by atoms with van der Waals surface area (Å²) in [5.74, 6) is 3.96. The van der Waals surface area contributed by atoms with Crippen molar-refractivity contribution >= 4 is 5.78 Å². The molecule has 4 aliphatic carbocycles. The quantitative estimate of drug-likeness (QED) is 0.581. The molecule has 4 rings (SSSR count). The summed E-state index contributed by atoms with van der Waals surface area (Å²) in [6.45, 7) is 5.03. The zero-order valence-electron chi connectivity index (χ0n) is 13.0. The van der Waals surface area contributed by atoms with Gasteiger partial charge < -0.3 is 0 Å². The van der Waals surface area contributed by atoms with E-state index < -0.39 is 0 Å². The Hall–Kier alpha value is -0.590. The Labute approximate surface area is 123 Å². The minimum absolute atomic E-state index is 0.473. The van der Waals surface area contributed by atoms with Crippen molar-refractivity contribution in [1.29, 1.82) is 0 Å². The van der Waals surface area contributed by atoms with E-state index in [2.05, 4.69) is 26.0 Å². The first-order chi connectivity index (χ1) is 9.53. The minimum Gasteiger partial charge on any atom is -0.300 e. The lowest BCUT2D eigenvalue weighted by atomic mass is 9.45. The van der Waals surface area contributed by atoms with Crippen LogP contribution in [-0.4, -0.2) is 5.78 Å². The van der Waals surface area contributed by atoms with E-state index in [1.54, 1.807) is 0 Å². The molecule has 0 spiro atoms. The Morgan fingerprint density at radius 1 is 1.10 bits per heavy atom. The van der Waals surface area contributed by atoms with Gasteiger partial charge in [0.25, 0.3) is 0 Å². The molecule has 0 heterocycles. The molecule has 20 heavy (non-hydrogen) atoms. The molecule has 0 aromatic carbocycles. The van der Waals surface area contributed by atoms with Crippen molar-refractivity contribution in [2.75, 3.05) is 0 Å². The number of rotatable bonds is 0. The van der Waals surface area contributed by atoms with Gasteiger partial charge in [-0.2, -0.15) is 0 Å². The van der Waals surface area contributed by atoms with Crippen LogP contribution in [0.1, 0.15) is 65.2 Å². The molecule has 1 heteroatoms. The third-order valence-corrected chi connectivity index (χ3v) is 7.81. The predicted molar refractivity (Wildman–Crippen MR) is 81.3 cm³/mol. The molecule has 3 saturated carbocycles. The van der Waals surface area contributed by atoms with E-state index in [4.69, 9.17) is 0 Å². The van der Waals surface area contributed by atoms with E-state index in [9.17, 15) is 4.79 Å². The lowest BCUT2D eigenvalue weighted by Gasteiger charge is -2.59. The fourth-order valence-electron chi connectivity index (χ4n) is 6.53. The van der Waals surface area contributed by atoms with E-state index in [0.29, 0.717) is 22.5 Å². The second kappa shape index (κ2) is 4.21. The average molecular weight is 272 g/mol. The highest BCUT2D eigenvalue weighted by molar-refractivity contribution is 5.79. The van der Waals surface area contributed by atoms with Crippen LogP contribution < -0.4 is 0 Å². The molecule has 0 amide bonds. The van der Waals surface area contributed by atoms with E-state index >= 15 is 0 Å². The lowest BCUT2D eigenvalue weighted by molar-refractivity contribution is -0.136. The molecule has 0 aliphatic heterocycles. The topological polar surface area (TPSA) is 17.1 Å². The van der Waals surface area contributed by atoms with Gasteiger partial charge in [0.1, 0.15) is 5.78 Å². The van der Waals surface area contributed by atoms with E-state index in [1.807, 2.05) is 0 Å². The van der Waals surface area contributed by atoms with Gasteiger partial charge >= 0.3 is 0 Å². The molecule has 0 bridgehead atoms. The Balaban J connectivity index is 1.64. The summed E-state index contributed by atoms with van der Waals surface area (Å²) in [5.41, 5.74) is 0.968. The lowest BCUT2D eigenvalue weighted by Crippen LogP contribution is -2.52. The molecule has 4 aliphatic rings. The summed E-state index contributed by atoms with van der Waals surface area (Å²) in [5, 5.41) is 0. The number of Topliss-reactive ketones (excluding diaryl/α,β-unsaturated/α-hetero) is 1. The second-order valence-corrected chi connectivity index (χ2v) is 8.58. The van der Waals surface area contributed by atoms with Gasteiger partial charge in [-0.15, -0.1) is 0 Å². The maximum Gasteiger partial charge on any atom is 0.133 e. The smallest absolute Gasteiger partial charge is 0.133 e. The Kier molecular flexibility index (Phi) is 2.76. The first kappa shape index (κ1) is 13.1. The van der Waals surface area contributed by atoms with Gasteiger partial charge in [-0.25, -0.2) is 0 Å². The van der Waals surface area contributed by atoms with Gasteiger partial charge in [-0.3, -0.25) is 4.79 Å². The first-order valence-electron chi connectivity index (χ1n) is 8.72. The standard InChI is InChI=1S/C19H28O/c1-18-9-3-4-16(18)15-6-5-13-12-14(20)7-11-19(13,2)17(15)8-10-18/h3,9,13,15-17H,4-8,10-12H2,1-2H3/t13-,15-,16-,17-,18-,19-/m1/s1. The maximum absolute atomic E-state index is 11.8. The second-order valence-electron chi connectivity index (χ2n) is 8.58. The van der Waals surface area contributed by atoms with Crippen molar-refractivity contribution in [1.82, 2.24) is 0 Å². The van der Waals surface area contributed by atoms with Crippen molar-refractivity contribution in [3.63, 3.8) is 0 Å². The summed E-state index contributed by atoms with van der Waals surface area (Å²) in [7, 11) is 0. The van der Waals surface area contributed by atoms with Gasteiger partial charge in [-0.05, 0) is 73.0 Å². The molecule has 6 atom stereocenters. The fraction of sp³-hybridized carbons (Fsp3) is 0.842. The molecule has 0 aromatic rings. The molecule has 0 N–H and O–H groups in total. The van der Waals surface area contributed by atoms with Crippen LogP contribution in [0, 0.1) is 34.5 Å². The van der Waals surface area contributed by atoms with E-state index in [-0.39, 0.29) is 0 Å². The highest BCUT2D eigenvalue weighted by Crippen LogP contribution is 2.64. The largest absolute Gasteiger partial charge is 0.300 e. The Morgan fingerprint density at radius 2 is 1.95 bits per heavy atom. The average Bonchev–Trinajstić information content (AvgIpc) is 2.81. The molecule has 0 unspecified atom stereocenters. The number of ketones is 1. The van der Waals surface area contributed by atoms with Crippen molar-refractivity contribution in [3.05, 3.63) is 12.2 Å². The fourth-order valence-corrected chi connectivity index (χ4v) is 6.53. The van der Waals surface area contributed by atoms with Crippen molar-refractivity contribution < 1.29 is 4.79 Å². The van der Waals surface area contributed by atoms with Crippen LogP contribution in [0.15, 0.2) is 12.2 Å². The van der Waals surface area contributed by atoms with E-state index in [0.717, 1.165) is 30.6 Å². The zero-order chi connectivity index (χ0) is 14.0. The van der Waals surface area contributed by atoms with Crippen molar-refractivity contribution in [3.8, 4) is 0 Å². The van der Waals surface area contributed by atoms with Gasteiger partial charge in [0.05, 0.1) is 0 Å². The highest BCUT2D eigenvalue weighted by Gasteiger charge is 2.56. The summed E-state index contributed by atoms with van der Waals surface area (Å²) in [4.78, 5) is 11.8. The van der Waals surface area contributed by atoms with Crippen LogP contribution >= 0.6 is 0 Å². The summed E-state index contributed by atoms with van der Waals surface area (Å²) in [6, 6.07) is 0. The number of hydrogen-bond acceptors (Lipinski definition) is 1. The van der Waals surface area contributed by atoms with Crippen molar-refractivity contribution in [2.45, 2.75) is 65.2 Å². The van der Waals surface area contributed by atoms with Gasteiger partial charge in [0.2, 0.25) is 0 Å². The van der Waals surface area contributed by atoms with Crippen LogP contribution in [0.2, 0.25) is 0 Å². The molecule has 0 radical (unpaired) electrons. The SMILES string of the molecule is C[C@@]12CCC(=O)C[C@H]1CC[C@H]1[C@H]2CC[C@@]2(C)C=CC[C@H]12. The van der Waals surface area contributed by atoms with Crippen LogP contribution in [0.3, 0.4) is 0 Å². The van der Waals surface area contributed by atoms with Gasteiger partial charge in [-0.1, -0.05) is 26.0 Å². The molecule has 3 fully saturated rings. The first-order valence-corrected chi connectivity index (χ1v) is 8.72. The monoisotopic (exact) mass is 272 g/mol. The zero-order valence-corrected chi connectivity index (χ0v) is 13.0. The van der Waals surface area contributed by atoms with Gasteiger partial charge in [0.15, 0.2) is 0 Å². The molecular weight excluding hydrogens is 244 g/mol. The Bertz CT molecular complexity index is 464. The number of hydrogen-bond donors (Lipinski definition) is 0. The number of fused-ring (bicyclic) bond motifs is 5. The third-order valence-electron chi connectivity index (χ3n) is 7.81. The maximum atomic E-state index is 11.8. The molecule has 110 valence electrons. The third kappa shape index (κ3) is 1.64. The summed E-state index contributed by atoms with van der Waals surface area (Å²) in [6.07, 6.45) is 14.7. The number of allylic oxidation sites excluding steroid dienone is 2. The predicted octanol–water partition coefficient (Wildman–Crippen LogP) is 4.76. The van der Waals surface area contributed by atoms with Crippen LogP contribution in [0.25, 0.3) is 0 Å². The molecule has 0 saturated heterocycles. The Morgan fingerprint density at radius 3 is 2.80 bits per heavy atom. The number of carbonyl (C=O) groups is 1. The van der Waals surface area contributed by atoms with Gasteiger partial charge in [0, 0.05) is 12.8 Å². The normalized spacial score (nSPS) is 54.2. The summed E-state index contributed by atoms with van der Waals surface area (Å²) >= 11 is 0. The van der Waals surface area contributed by atoms with Crippen molar-refractivity contribution in [2.24, 2.45) is 34.5 Å². The van der Waals surface area contributed by atoms with Crippen LogP contribution in [-0.2, 0) is 4.79 Å². The van der Waals surface area contributed by atoms with Crippen LogP contribution in [0.5, 0.6) is 0 Å². The number of carbonyl (C=O) groups excluding carboxylic acids is 1. The molecule has 1 nitrogen and oxygen atoms in total.